The molecular formula is C28H37N9O4. The Labute approximate surface area is 240 Å². The number of carbonyl (C=O) groups excluding carboxylic acids is 2. The van der Waals surface area contributed by atoms with E-state index in [-0.39, 0.29) is 19.1 Å². The standard InChI is InChI=1S/C28H37N9O4/c1-29-17-21(19-39)18-31-20-35(3)9-10-36(4)26-24(30-2)27(37-11-14-41-15-12-37)34-25(33-26)22-6-5-7-23(16-22)28(40)32-8-13-38/h5-7,16-19,38H,1-2,8-15,20H2,3-4H3,(H,32,40)/b21-17+,31-18-. The number of morpholine rings is 1. The molecule has 0 bridgehead atoms. The summed E-state index contributed by atoms with van der Waals surface area (Å²) >= 11 is 0. The van der Waals surface area contributed by atoms with Crippen molar-refractivity contribution < 1.29 is 19.4 Å². The number of nitrogens with one attached hydrogen (secondary N) is 1. The van der Waals surface area contributed by atoms with Gasteiger partial charge in [0.25, 0.3) is 5.91 Å². The van der Waals surface area contributed by atoms with Gasteiger partial charge >= 0.3 is 0 Å². The summed E-state index contributed by atoms with van der Waals surface area (Å²) in [6.45, 7) is 11.2. The summed E-state index contributed by atoms with van der Waals surface area (Å²) in [5.41, 5.74) is 2.01. The number of aliphatic imine (C=N–C) groups is 3. The molecule has 1 aromatic heterocycles. The molecule has 0 atom stereocenters. The van der Waals surface area contributed by atoms with Crippen LogP contribution >= 0.6 is 0 Å². The number of nitrogens with zero attached hydrogens (tertiary/aromatic N) is 8. The summed E-state index contributed by atoms with van der Waals surface area (Å²) < 4.78 is 5.54. The van der Waals surface area contributed by atoms with Crippen LogP contribution in [0.1, 0.15) is 10.4 Å². The fourth-order valence-electron chi connectivity index (χ4n) is 4.02. The Hall–Kier alpha value is -4.33. The highest BCUT2D eigenvalue weighted by molar-refractivity contribution is 6.01. The van der Waals surface area contributed by atoms with Crippen LogP contribution in [0.3, 0.4) is 0 Å². The first-order valence-corrected chi connectivity index (χ1v) is 13.1. The first-order valence-electron chi connectivity index (χ1n) is 13.1. The highest BCUT2D eigenvalue weighted by Gasteiger charge is 2.24. The first-order chi connectivity index (χ1) is 19.9. The maximum atomic E-state index is 12.5. The maximum absolute atomic E-state index is 12.5. The number of aldehydes is 1. The number of hydrogen-bond acceptors (Lipinski definition) is 12. The smallest absolute Gasteiger partial charge is 0.251 e. The number of likely N-dealkylation sites (N-methyl/N-ethyl adjacent to an activating group) is 2. The van der Waals surface area contributed by atoms with Gasteiger partial charge < -0.3 is 25.0 Å². The van der Waals surface area contributed by atoms with Gasteiger partial charge in [-0.1, -0.05) is 12.1 Å². The molecular weight excluding hydrogens is 526 g/mol. The van der Waals surface area contributed by atoms with Gasteiger partial charge in [-0.2, -0.15) is 0 Å². The molecule has 218 valence electrons. The number of aliphatic hydroxyl groups is 1. The van der Waals surface area contributed by atoms with Crippen LogP contribution in [0.25, 0.3) is 11.4 Å². The zero-order valence-electron chi connectivity index (χ0n) is 23.6. The molecule has 1 fully saturated rings. The molecule has 0 aliphatic carbocycles. The van der Waals surface area contributed by atoms with Gasteiger partial charge in [0.15, 0.2) is 23.7 Å². The Morgan fingerprint density at radius 2 is 2.00 bits per heavy atom. The van der Waals surface area contributed by atoms with E-state index in [0.29, 0.717) is 92.2 Å². The Kier molecular flexibility index (Phi) is 12.2. The van der Waals surface area contributed by atoms with E-state index in [2.05, 4.69) is 38.6 Å². The molecule has 2 heterocycles. The predicted octanol–water partition coefficient (Wildman–Crippen LogP) is 1.21. The van der Waals surface area contributed by atoms with E-state index in [0.717, 1.165) is 0 Å². The third-order valence-electron chi connectivity index (χ3n) is 6.21. The van der Waals surface area contributed by atoms with Gasteiger partial charge in [-0.05, 0) is 32.6 Å². The number of anilines is 2. The Bertz CT molecular complexity index is 1280. The van der Waals surface area contributed by atoms with Gasteiger partial charge in [0.2, 0.25) is 0 Å². The van der Waals surface area contributed by atoms with Gasteiger partial charge in [0, 0.05) is 63.3 Å². The zero-order chi connectivity index (χ0) is 29.6. The zero-order valence-corrected chi connectivity index (χ0v) is 23.6. The molecule has 0 unspecified atom stereocenters. The van der Waals surface area contributed by atoms with E-state index in [1.165, 1.54) is 12.4 Å². The number of benzene rings is 1. The van der Waals surface area contributed by atoms with Crippen LogP contribution in [0.15, 0.2) is 51.0 Å². The van der Waals surface area contributed by atoms with Crippen molar-refractivity contribution in [2.24, 2.45) is 15.0 Å². The van der Waals surface area contributed by atoms with Crippen LogP contribution < -0.4 is 15.1 Å². The molecule has 2 N–H and O–H groups in total. The van der Waals surface area contributed by atoms with E-state index in [1.807, 2.05) is 30.0 Å². The monoisotopic (exact) mass is 563 g/mol. The van der Waals surface area contributed by atoms with Crippen LogP contribution in [0.2, 0.25) is 0 Å². The molecule has 1 amide bonds. The van der Waals surface area contributed by atoms with Crippen molar-refractivity contribution in [3.8, 4) is 11.4 Å². The lowest BCUT2D eigenvalue weighted by molar-refractivity contribution is -0.104. The number of aliphatic hydroxyl groups excluding tert-OH is 1. The lowest BCUT2D eigenvalue weighted by atomic mass is 10.1. The van der Waals surface area contributed by atoms with Crippen molar-refractivity contribution in [3.05, 3.63) is 41.6 Å². The van der Waals surface area contributed by atoms with E-state index in [9.17, 15) is 9.59 Å². The summed E-state index contributed by atoms with van der Waals surface area (Å²) in [5, 5.41) is 11.7. The lowest BCUT2D eigenvalue weighted by Gasteiger charge is -2.31. The maximum Gasteiger partial charge on any atom is 0.251 e. The minimum Gasteiger partial charge on any atom is -0.395 e. The van der Waals surface area contributed by atoms with Gasteiger partial charge in [-0.25, -0.2) is 9.97 Å². The number of amides is 1. The Morgan fingerprint density at radius 1 is 1.22 bits per heavy atom. The number of carbonyl (C=O) groups is 2. The first kappa shape index (κ1) is 31.2. The largest absolute Gasteiger partial charge is 0.395 e. The van der Waals surface area contributed by atoms with Crippen molar-refractivity contribution in [1.29, 1.82) is 0 Å². The average Bonchev–Trinajstić information content (AvgIpc) is 3.01. The van der Waals surface area contributed by atoms with E-state index < -0.39 is 0 Å². The molecule has 0 spiro atoms. The summed E-state index contributed by atoms with van der Waals surface area (Å²) in [4.78, 5) is 51.6. The van der Waals surface area contributed by atoms with Gasteiger partial charge in [-0.15, -0.1) is 0 Å². The SMILES string of the molecule is C=N/C=C(C=O)\C=N/CN(C)CCN(C)c1nc(-c2cccc(C(=O)NCCO)c2)nc(N2CCOCC2)c1N=C. The Morgan fingerprint density at radius 3 is 2.68 bits per heavy atom. The second kappa shape index (κ2) is 16.1. The normalized spacial score (nSPS) is 13.9. The van der Waals surface area contributed by atoms with Crippen LogP contribution in [-0.4, -0.2) is 125 Å². The van der Waals surface area contributed by atoms with Gasteiger partial charge in [0.1, 0.15) is 5.69 Å². The fourth-order valence-corrected chi connectivity index (χ4v) is 4.02. The second-order valence-corrected chi connectivity index (χ2v) is 9.24. The number of allylic oxidation sites excluding steroid dienone is 1. The molecule has 13 heteroatoms. The minimum absolute atomic E-state index is 0.145. The van der Waals surface area contributed by atoms with Crippen LogP contribution in [0.4, 0.5) is 17.3 Å². The molecule has 1 saturated heterocycles. The lowest BCUT2D eigenvalue weighted by Crippen LogP contribution is -2.37. The van der Waals surface area contributed by atoms with E-state index in [4.69, 9.17) is 19.8 Å². The predicted molar refractivity (Wildman–Crippen MR) is 162 cm³/mol. The molecule has 2 aromatic rings. The molecule has 41 heavy (non-hydrogen) atoms. The summed E-state index contributed by atoms with van der Waals surface area (Å²) in [6.07, 6.45) is 3.49. The van der Waals surface area contributed by atoms with E-state index >= 15 is 0 Å². The number of aromatic nitrogens is 2. The van der Waals surface area contributed by atoms with Crippen LogP contribution in [0.5, 0.6) is 0 Å². The second-order valence-electron chi connectivity index (χ2n) is 9.24. The van der Waals surface area contributed by atoms with Crippen LogP contribution in [0, 0.1) is 0 Å². The molecule has 1 aromatic carbocycles. The van der Waals surface area contributed by atoms with Gasteiger partial charge in [0.05, 0.1) is 32.1 Å². The number of ether oxygens (including phenoxy) is 1. The third-order valence-corrected chi connectivity index (χ3v) is 6.21. The van der Waals surface area contributed by atoms with Crippen molar-refractivity contribution in [2.45, 2.75) is 0 Å². The molecule has 3 rings (SSSR count). The molecule has 13 nitrogen and oxygen atoms in total. The fraction of sp³-hybridized carbons (Fsp3) is 0.393. The summed E-state index contributed by atoms with van der Waals surface area (Å²) in [7, 11) is 3.84. The molecule has 1 aliphatic heterocycles. The third kappa shape index (κ3) is 8.83. The Balaban J connectivity index is 1.90. The van der Waals surface area contributed by atoms with Crippen molar-refractivity contribution in [2.75, 3.05) is 83.1 Å². The average molecular weight is 564 g/mol. The van der Waals surface area contributed by atoms with Crippen LogP contribution in [-0.2, 0) is 9.53 Å². The summed E-state index contributed by atoms with van der Waals surface area (Å²) in [6, 6.07) is 7.05. The highest BCUT2D eigenvalue weighted by Crippen LogP contribution is 2.37. The van der Waals surface area contributed by atoms with E-state index in [1.54, 1.807) is 18.2 Å². The van der Waals surface area contributed by atoms with Crippen molar-refractivity contribution in [1.82, 2.24) is 20.2 Å². The highest BCUT2D eigenvalue weighted by atomic mass is 16.5. The van der Waals surface area contributed by atoms with Crippen molar-refractivity contribution in [3.63, 3.8) is 0 Å². The topological polar surface area (TPSA) is 148 Å². The quantitative estimate of drug-likeness (QED) is 0.185. The molecule has 1 aliphatic rings. The minimum atomic E-state index is -0.293. The number of rotatable bonds is 15. The molecule has 0 radical (unpaired) electrons. The van der Waals surface area contributed by atoms with Crippen molar-refractivity contribution >= 4 is 49.2 Å². The molecule has 0 saturated carbocycles. The number of hydrogen-bond donors (Lipinski definition) is 2. The summed E-state index contributed by atoms with van der Waals surface area (Å²) in [5.74, 6) is 1.40. The van der Waals surface area contributed by atoms with Gasteiger partial charge in [-0.3, -0.25) is 29.5 Å².